The lowest BCUT2D eigenvalue weighted by Crippen LogP contribution is -2.04. The van der Waals surface area contributed by atoms with Gasteiger partial charge in [0.2, 0.25) is 0 Å². The molecule has 9 aromatic carbocycles. The molecule has 0 atom stereocenters. The number of hydrogen-bond donors (Lipinski definition) is 0. The van der Waals surface area contributed by atoms with Crippen LogP contribution in [0, 0.1) is 0 Å². The van der Waals surface area contributed by atoms with E-state index in [0.29, 0.717) is 17.5 Å². The van der Waals surface area contributed by atoms with Crippen LogP contribution in [-0.4, -0.2) is 19.5 Å². The third-order valence-electron chi connectivity index (χ3n) is 12.2. The summed E-state index contributed by atoms with van der Waals surface area (Å²) in [5.41, 5.74) is 14.8. The summed E-state index contributed by atoms with van der Waals surface area (Å²) < 4.78 is 8.77. The van der Waals surface area contributed by atoms with E-state index in [0.717, 1.165) is 66.5 Å². The summed E-state index contributed by atoms with van der Waals surface area (Å²) in [4.78, 5) is 16.0. The Morgan fingerprint density at radius 3 is 1.78 bits per heavy atom. The van der Waals surface area contributed by atoms with Crippen LogP contribution in [0.5, 0.6) is 0 Å². The summed E-state index contributed by atoms with van der Waals surface area (Å²) in [7, 11) is 0. The van der Waals surface area contributed by atoms with Gasteiger partial charge >= 0.3 is 0 Å². The smallest absolute Gasteiger partial charge is 0.166 e. The first-order valence-corrected chi connectivity index (χ1v) is 20.3. The number of benzene rings is 9. The zero-order chi connectivity index (χ0) is 39.3. The van der Waals surface area contributed by atoms with E-state index in [1.54, 1.807) is 0 Å². The standard InChI is InChI=1S/C55H32N4O/c1-2-14-33(15-3-1)35-17-10-18-36(32-35)53-56-54(58-55(57-53)43-25-13-29-48-50(43)42-22-7-9-28-47(42)60-48)41-21-6-8-26-44(41)59-45-27-12-24-40-38-20-5-4-19-37(38)39-23-11-16-34-30-31-46(59)52(49(34)39)51(40)45/h1-32H. The average molecular weight is 765 g/mol. The number of para-hydroxylation sites is 2. The fraction of sp³-hybridized carbons (Fsp3) is 0. The fourth-order valence-electron chi connectivity index (χ4n) is 9.62. The Labute approximate surface area is 344 Å². The van der Waals surface area contributed by atoms with E-state index < -0.39 is 0 Å². The summed E-state index contributed by atoms with van der Waals surface area (Å²) in [5, 5.41) is 7.01. The van der Waals surface area contributed by atoms with Gasteiger partial charge in [-0.25, -0.2) is 15.0 Å². The van der Waals surface area contributed by atoms with Crippen molar-refractivity contribution in [2.24, 2.45) is 0 Å². The van der Waals surface area contributed by atoms with Gasteiger partial charge in [0, 0.05) is 38.2 Å². The maximum Gasteiger partial charge on any atom is 0.166 e. The van der Waals surface area contributed by atoms with Crippen LogP contribution in [0.15, 0.2) is 199 Å². The quantitative estimate of drug-likeness (QED) is 0.175. The van der Waals surface area contributed by atoms with Crippen molar-refractivity contribution in [2.75, 3.05) is 0 Å². The molecule has 0 bridgehead atoms. The van der Waals surface area contributed by atoms with Crippen molar-refractivity contribution in [3.8, 4) is 73.2 Å². The van der Waals surface area contributed by atoms with Gasteiger partial charge in [-0.1, -0.05) is 152 Å². The van der Waals surface area contributed by atoms with Gasteiger partial charge in [0.1, 0.15) is 11.2 Å². The Kier molecular flexibility index (Phi) is 6.95. The minimum absolute atomic E-state index is 0.582. The van der Waals surface area contributed by atoms with Crippen molar-refractivity contribution in [1.82, 2.24) is 19.5 Å². The van der Waals surface area contributed by atoms with E-state index in [9.17, 15) is 0 Å². The van der Waals surface area contributed by atoms with Crippen LogP contribution in [0.1, 0.15) is 0 Å². The van der Waals surface area contributed by atoms with Crippen molar-refractivity contribution < 1.29 is 4.42 Å². The molecule has 13 rings (SSSR count). The van der Waals surface area contributed by atoms with E-state index in [1.807, 2.05) is 36.4 Å². The second-order valence-corrected chi connectivity index (χ2v) is 15.5. The molecule has 0 N–H and O–H groups in total. The SMILES string of the molecule is c1ccc(-c2cccc(-c3nc(-c4ccccc4-n4c5cccc6c5c5c7c(cccc7ccc54)-c4ccccc4-6)nc(-c4cccc5oc6ccccc6c45)n3)c2)cc1. The molecule has 0 radical (unpaired) electrons. The van der Waals surface area contributed by atoms with E-state index in [2.05, 4.69) is 162 Å². The molecule has 278 valence electrons. The predicted octanol–water partition coefficient (Wildman–Crippen LogP) is 14.3. The number of fused-ring (bicyclic) bond motifs is 6. The second-order valence-electron chi connectivity index (χ2n) is 15.5. The zero-order valence-corrected chi connectivity index (χ0v) is 32.2. The van der Waals surface area contributed by atoms with E-state index in [4.69, 9.17) is 19.4 Å². The monoisotopic (exact) mass is 764 g/mol. The van der Waals surface area contributed by atoms with E-state index in [-0.39, 0.29) is 0 Å². The molecule has 0 spiro atoms. The molecule has 60 heavy (non-hydrogen) atoms. The van der Waals surface area contributed by atoms with E-state index in [1.165, 1.54) is 43.8 Å². The highest BCUT2D eigenvalue weighted by atomic mass is 16.3. The lowest BCUT2D eigenvalue weighted by molar-refractivity contribution is 0.669. The first-order chi connectivity index (χ1) is 29.8. The first kappa shape index (κ1) is 32.9. The molecule has 3 heterocycles. The fourth-order valence-corrected chi connectivity index (χ4v) is 9.62. The van der Waals surface area contributed by atoms with Crippen LogP contribution >= 0.6 is 0 Å². The molecule has 1 aliphatic carbocycles. The summed E-state index contributed by atoms with van der Waals surface area (Å²) in [5.74, 6) is 1.77. The topological polar surface area (TPSA) is 56.7 Å². The van der Waals surface area contributed by atoms with Gasteiger partial charge < -0.3 is 8.98 Å². The van der Waals surface area contributed by atoms with Crippen LogP contribution in [0.3, 0.4) is 0 Å². The summed E-state index contributed by atoms with van der Waals surface area (Å²) in [6, 6.07) is 68.5. The molecule has 0 unspecified atom stereocenters. The molecule has 0 saturated heterocycles. The maximum atomic E-state index is 6.36. The van der Waals surface area contributed by atoms with Crippen LogP contribution in [0.4, 0.5) is 0 Å². The first-order valence-electron chi connectivity index (χ1n) is 20.3. The van der Waals surface area contributed by atoms with E-state index >= 15 is 0 Å². The Balaban J connectivity index is 1.10. The van der Waals surface area contributed by atoms with Crippen molar-refractivity contribution in [2.45, 2.75) is 0 Å². The largest absolute Gasteiger partial charge is 0.456 e. The van der Waals surface area contributed by atoms with Crippen LogP contribution in [0.25, 0.3) is 128 Å². The van der Waals surface area contributed by atoms with Crippen LogP contribution < -0.4 is 0 Å². The molecule has 3 aromatic heterocycles. The molecule has 0 fully saturated rings. The molecule has 12 aromatic rings. The minimum Gasteiger partial charge on any atom is -0.456 e. The van der Waals surface area contributed by atoms with Gasteiger partial charge in [-0.2, -0.15) is 0 Å². The minimum atomic E-state index is 0.582. The molecule has 5 heteroatoms. The summed E-state index contributed by atoms with van der Waals surface area (Å²) in [6.45, 7) is 0. The molecule has 1 aliphatic rings. The van der Waals surface area contributed by atoms with Gasteiger partial charge in [-0.05, 0) is 86.6 Å². The van der Waals surface area contributed by atoms with Crippen molar-refractivity contribution in [3.63, 3.8) is 0 Å². The Morgan fingerprint density at radius 2 is 0.917 bits per heavy atom. The zero-order valence-electron chi connectivity index (χ0n) is 32.2. The Morgan fingerprint density at radius 1 is 0.333 bits per heavy atom. The molecule has 0 saturated carbocycles. The Bertz CT molecular complexity index is 3730. The third kappa shape index (κ3) is 4.77. The van der Waals surface area contributed by atoms with Gasteiger partial charge in [0.25, 0.3) is 0 Å². The van der Waals surface area contributed by atoms with Crippen molar-refractivity contribution in [3.05, 3.63) is 194 Å². The highest BCUT2D eigenvalue weighted by molar-refractivity contribution is 6.30. The number of nitrogens with zero attached hydrogens (tertiary/aromatic N) is 4. The van der Waals surface area contributed by atoms with Gasteiger partial charge in [-0.15, -0.1) is 0 Å². The second kappa shape index (κ2) is 12.7. The highest BCUT2D eigenvalue weighted by Gasteiger charge is 2.26. The number of hydrogen-bond acceptors (Lipinski definition) is 4. The normalized spacial score (nSPS) is 12.0. The predicted molar refractivity (Wildman–Crippen MR) is 245 cm³/mol. The van der Waals surface area contributed by atoms with Gasteiger partial charge in [-0.3, -0.25) is 0 Å². The molecule has 5 nitrogen and oxygen atoms in total. The maximum absolute atomic E-state index is 6.36. The van der Waals surface area contributed by atoms with Crippen LogP contribution in [-0.2, 0) is 0 Å². The third-order valence-corrected chi connectivity index (χ3v) is 12.2. The molecular weight excluding hydrogens is 733 g/mol. The average Bonchev–Trinajstić information content (AvgIpc) is 3.84. The number of furan rings is 1. The van der Waals surface area contributed by atoms with Crippen LogP contribution in [0.2, 0.25) is 0 Å². The lowest BCUT2D eigenvalue weighted by Gasteiger charge is -2.16. The highest BCUT2D eigenvalue weighted by Crippen LogP contribution is 2.50. The molecule has 0 amide bonds. The van der Waals surface area contributed by atoms with Gasteiger partial charge in [0.15, 0.2) is 17.5 Å². The molecular formula is C55H32N4O. The summed E-state index contributed by atoms with van der Waals surface area (Å²) >= 11 is 0. The van der Waals surface area contributed by atoms with Gasteiger partial charge in [0.05, 0.1) is 16.7 Å². The number of rotatable bonds is 5. The van der Waals surface area contributed by atoms with Crippen molar-refractivity contribution in [1.29, 1.82) is 0 Å². The number of aromatic nitrogens is 4. The van der Waals surface area contributed by atoms with Crippen molar-refractivity contribution >= 4 is 54.5 Å². The molecule has 0 aliphatic heterocycles. The Hall–Kier alpha value is -8.15. The lowest BCUT2D eigenvalue weighted by atomic mass is 9.93. The summed E-state index contributed by atoms with van der Waals surface area (Å²) in [6.07, 6.45) is 0.